The minimum atomic E-state index is -1.00. The molecule has 1 rings (SSSR count). The van der Waals surface area contributed by atoms with Crippen LogP contribution in [0.1, 0.15) is 32.8 Å². The molecule has 0 radical (unpaired) electrons. The molecule has 0 unspecified atom stereocenters. The second-order valence-electron chi connectivity index (χ2n) is 5.34. The van der Waals surface area contributed by atoms with E-state index in [-0.39, 0.29) is 11.9 Å². The predicted octanol–water partition coefficient (Wildman–Crippen LogP) is 2.11. The summed E-state index contributed by atoms with van der Waals surface area (Å²) in [6.45, 7) is 6.65. The molecule has 0 fully saturated rings. The number of nitrogens with zero attached hydrogens (tertiary/aromatic N) is 2. The van der Waals surface area contributed by atoms with Crippen molar-refractivity contribution in [3.8, 4) is 0 Å². The van der Waals surface area contributed by atoms with E-state index in [0.717, 1.165) is 5.56 Å². The Labute approximate surface area is 125 Å². The van der Waals surface area contributed by atoms with Gasteiger partial charge in [0.25, 0.3) is 0 Å². The van der Waals surface area contributed by atoms with Gasteiger partial charge in [-0.25, -0.2) is 9.59 Å². The zero-order valence-corrected chi connectivity index (χ0v) is 12.7. The molecule has 0 spiro atoms. The third-order valence-corrected chi connectivity index (χ3v) is 3.09. The van der Waals surface area contributed by atoms with Crippen molar-refractivity contribution in [2.24, 2.45) is 5.92 Å². The van der Waals surface area contributed by atoms with Gasteiger partial charge in [-0.15, -0.1) is 0 Å². The summed E-state index contributed by atoms with van der Waals surface area (Å²) in [5.41, 5.74) is 0.956. The van der Waals surface area contributed by atoms with Crippen LogP contribution in [0.2, 0.25) is 0 Å². The molecular formula is C15H23N3O3. The minimum Gasteiger partial charge on any atom is -0.480 e. The third kappa shape index (κ3) is 5.81. The Hall–Kier alpha value is -2.11. The molecular weight excluding hydrogens is 270 g/mol. The quantitative estimate of drug-likeness (QED) is 0.806. The zero-order valence-electron chi connectivity index (χ0n) is 12.7. The lowest BCUT2D eigenvalue weighted by Gasteiger charge is -2.24. The Morgan fingerprint density at radius 1 is 1.33 bits per heavy atom. The van der Waals surface area contributed by atoms with Gasteiger partial charge in [-0.05, 0) is 37.0 Å². The van der Waals surface area contributed by atoms with Crippen LogP contribution in [0.15, 0.2) is 24.5 Å². The van der Waals surface area contributed by atoms with Gasteiger partial charge in [0, 0.05) is 25.5 Å². The number of rotatable bonds is 7. The minimum absolute atomic E-state index is 0.196. The van der Waals surface area contributed by atoms with Crippen LogP contribution in [-0.2, 0) is 11.3 Å². The summed E-state index contributed by atoms with van der Waals surface area (Å²) in [6, 6.07) is 2.45. The maximum Gasteiger partial charge on any atom is 0.326 e. The lowest BCUT2D eigenvalue weighted by molar-refractivity contribution is -0.139. The fraction of sp³-hybridized carbons (Fsp3) is 0.533. The number of amides is 2. The molecule has 0 aliphatic rings. The molecule has 1 aromatic heterocycles. The SMILES string of the molecule is CCN(Cc1ccncc1)C(=O)N[C@@H](CC(C)C)C(=O)O. The summed E-state index contributed by atoms with van der Waals surface area (Å²) in [5, 5.41) is 11.8. The van der Waals surface area contributed by atoms with Crippen molar-refractivity contribution in [1.82, 2.24) is 15.2 Å². The maximum atomic E-state index is 12.2. The molecule has 1 atom stereocenters. The van der Waals surface area contributed by atoms with E-state index in [4.69, 9.17) is 0 Å². The summed E-state index contributed by atoms with van der Waals surface area (Å²) < 4.78 is 0. The van der Waals surface area contributed by atoms with Gasteiger partial charge in [-0.1, -0.05) is 13.8 Å². The Bertz CT molecular complexity index is 462. The highest BCUT2D eigenvalue weighted by Crippen LogP contribution is 2.07. The van der Waals surface area contributed by atoms with E-state index >= 15 is 0 Å². The topological polar surface area (TPSA) is 82.5 Å². The fourth-order valence-electron chi connectivity index (χ4n) is 1.97. The average molecular weight is 293 g/mol. The Morgan fingerprint density at radius 2 is 1.95 bits per heavy atom. The monoisotopic (exact) mass is 293 g/mol. The maximum absolute atomic E-state index is 12.2. The smallest absolute Gasteiger partial charge is 0.326 e. The molecule has 2 amide bonds. The first kappa shape index (κ1) is 16.9. The van der Waals surface area contributed by atoms with E-state index in [9.17, 15) is 14.7 Å². The van der Waals surface area contributed by atoms with Crippen LogP contribution in [0.25, 0.3) is 0 Å². The molecule has 0 bridgehead atoms. The van der Waals surface area contributed by atoms with Crippen LogP contribution in [0.3, 0.4) is 0 Å². The highest BCUT2D eigenvalue weighted by Gasteiger charge is 2.23. The molecule has 116 valence electrons. The van der Waals surface area contributed by atoms with E-state index in [2.05, 4.69) is 10.3 Å². The van der Waals surface area contributed by atoms with Gasteiger partial charge in [-0.2, -0.15) is 0 Å². The Kier molecular flexibility index (Phi) is 6.65. The van der Waals surface area contributed by atoms with E-state index in [0.29, 0.717) is 19.5 Å². The van der Waals surface area contributed by atoms with E-state index in [1.807, 2.05) is 32.9 Å². The van der Waals surface area contributed by atoms with Crippen molar-refractivity contribution in [3.05, 3.63) is 30.1 Å². The van der Waals surface area contributed by atoms with Gasteiger partial charge in [-0.3, -0.25) is 4.98 Å². The Balaban J connectivity index is 2.67. The molecule has 0 saturated carbocycles. The van der Waals surface area contributed by atoms with Crippen LogP contribution in [0.5, 0.6) is 0 Å². The van der Waals surface area contributed by atoms with E-state index in [1.165, 1.54) is 0 Å². The molecule has 6 heteroatoms. The number of aromatic nitrogens is 1. The number of nitrogens with one attached hydrogen (secondary N) is 1. The number of aliphatic carboxylic acids is 1. The molecule has 0 aliphatic carbocycles. The van der Waals surface area contributed by atoms with Gasteiger partial charge < -0.3 is 15.3 Å². The van der Waals surface area contributed by atoms with Crippen molar-refractivity contribution in [1.29, 1.82) is 0 Å². The standard InChI is InChI=1S/C15H23N3O3/c1-4-18(10-12-5-7-16-8-6-12)15(21)17-13(14(19)20)9-11(2)3/h5-8,11,13H,4,9-10H2,1-3H3,(H,17,21)(H,19,20)/t13-/m0/s1. The van der Waals surface area contributed by atoms with E-state index < -0.39 is 12.0 Å². The van der Waals surface area contributed by atoms with Crippen LogP contribution in [0.4, 0.5) is 4.79 Å². The third-order valence-electron chi connectivity index (χ3n) is 3.09. The van der Waals surface area contributed by atoms with Gasteiger partial charge >= 0.3 is 12.0 Å². The molecule has 0 aliphatic heterocycles. The summed E-state index contributed by atoms with van der Waals surface area (Å²) in [7, 11) is 0. The van der Waals surface area contributed by atoms with Crippen LogP contribution >= 0.6 is 0 Å². The summed E-state index contributed by atoms with van der Waals surface area (Å²) in [6.07, 6.45) is 3.74. The summed E-state index contributed by atoms with van der Waals surface area (Å²) in [5.74, 6) is -0.807. The van der Waals surface area contributed by atoms with Crippen molar-refractivity contribution in [2.45, 2.75) is 39.8 Å². The second-order valence-corrected chi connectivity index (χ2v) is 5.34. The lowest BCUT2D eigenvalue weighted by Crippen LogP contribution is -2.48. The molecule has 1 aromatic rings. The number of carboxylic acid groups (broad SMARTS) is 1. The number of urea groups is 1. The average Bonchev–Trinajstić information content (AvgIpc) is 2.44. The van der Waals surface area contributed by atoms with Gasteiger partial charge in [0.1, 0.15) is 6.04 Å². The highest BCUT2D eigenvalue weighted by atomic mass is 16.4. The Morgan fingerprint density at radius 3 is 2.43 bits per heavy atom. The first-order chi connectivity index (χ1) is 9.93. The number of carbonyl (C=O) groups excluding carboxylic acids is 1. The van der Waals surface area contributed by atoms with Gasteiger partial charge in [0.2, 0.25) is 0 Å². The van der Waals surface area contributed by atoms with Crippen LogP contribution < -0.4 is 5.32 Å². The first-order valence-electron chi connectivity index (χ1n) is 7.11. The number of carboxylic acids is 1. The molecule has 6 nitrogen and oxygen atoms in total. The van der Waals surface area contributed by atoms with Crippen molar-refractivity contribution < 1.29 is 14.7 Å². The first-order valence-corrected chi connectivity index (χ1v) is 7.11. The highest BCUT2D eigenvalue weighted by molar-refractivity contribution is 5.82. The normalized spacial score (nSPS) is 12.0. The van der Waals surface area contributed by atoms with Crippen molar-refractivity contribution in [3.63, 3.8) is 0 Å². The zero-order chi connectivity index (χ0) is 15.8. The van der Waals surface area contributed by atoms with E-state index in [1.54, 1.807) is 17.3 Å². The number of hydrogen-bond acceptors (Lipinski definition) is 3. The van der Waals surface area contributed by atoms with Crippen LogP contribution in [-0.4, -0.2) is 39.6 Å². The summed E-state index contributed by atoms with van der Waals surface area (Å²) >= 11 is 0. The number of carbonyl (C=O) groups is 2. The largest absolute Gasteiger partial charge is 0.480 e. The van der Waals surface area contributed by atoms with Crippen LogP contribution in [0, 0.1) is 5.92 Å². The fourth-order valence-corrected chi connectivity index (χ4v) is 1.97. The molecule has 21 heavy (non-hydrogen) atoms. The molecule has 1 heterocycles. The molecule has 2 N–H and O–H groups in total. The lowest BCUT2D eigenvalue weighted by atomic mass is 10.0. The summed E-state index contributed by atoms with van der Waals surface area (Å²) in [4.78, 5) is 28.9. The van der Waals surface area contributed by atoms with Gasteiger partial charge in [0.05, 0.1) is 0 Å². The van der Waals surface area contributed by atoms with Gasteiger partial charge in [0.15, 0.2) is 0 Å². The number of pyridine rings is 1. The number of hydrogen-bond donors (Lipinski definition) is 2. The molecule has 0 aromatic carbocycles. The predicted molar refractivity (Wildman–Crippen MR) is 79.7 cm³/mol. The molecule has 0 saturated heterocycles. The van der Waals surface area contributed by atoms with Crippen molar-refractivity contribution in [2.75, 3.05) is 6.54 Å². The van der Waals surface area contributed by atoms with Crippen molar-refractivity contribution >= 4 is 12.0 Å². The second kappa shape index (κ2) is 8.24.